The zero-order valence-electron chi connectivity index (χ0n) is 7.48. The monoisotopic (exact) mass is 193 g/mol. The van der Waals surface area contributed by atoms with Gasteiger partial charge in [-0.2, -0.15) is 0 Å². The highest BCUT2D eigenvalue weighted by molar-refractivity contribution is 5.70. The molecule has 1 atom stereocenters. The van der Waals surface area contributed by atoms with Gasteiger partial charge in [0.15, 0.2) is 0 Å². The number of esters is 1. The summed E-state index contributed by atoms with van der Waals surface area (Å²) in [5.41, 5.74) is 0. The summed E-state index contributed by atoms with van der Waals surface area (Å²) in [5.74, 6) is -3.09. The van der Waals surface area contributed by atoms with Crippen molar-refractivity contribution in [2.45, 2.75) is 31.7 Å². The van der Waals surface area contributed by atoms with Crippen molar-refractivity contribution in [1.29, 1.82) is 0 Å². The number of carbonyl (C=O) groups excluding carboxylic acids is 1. The molecule has 0 aromatic rings. The molecule has 5 heteroatoms. The van der Waals surface area contributed by atoms with Crippen molar-refractivity contribution in [3.05, 3.63) is 0 Å². The summed E-state index contributed by atoms with van der Waals surface area (Å²) in [6.45, 7) is 1.65. The molecular weight excluding hydrogens is 180 g/mol. The van der Waals surface area contributed by atoms with E-state index in [-0.39, 0.29) is 19.4 Å². The van der Waals surface area contributed by atoms with E-state index >= 15 is 0 Å². The number of halogens is 2. The third-order valence-electron chi connectivity index (χ3n) is 1.91. The fraction of sp³-hybridized carbons (Fsp3) is 0.875. The van der Waals surface area contributed by atoms with Gasteiger partial charge in [-0.05, 0) is 6.92 Å². The molecule has 0 amide bonds. The van der Waals surface area contributed by atoms with Crippen LogP contribution in [-0.4, -0.2) is 31.1 Å². The van der Waals surface area contributed by atoms with Gasteiger partial charge in [0.25, 0.3) is 5.92 Å². The van der Waals surface area contributed by atoms with Gasteiger partial charge in [0.2, 0.25) is 0 Å². The molecule has 76 valence electrons. The summed E-state index contributed by atoms with van der Waals surface area (Å²) in [5, 5.41) is 2.59. The van der Waals surface area contributed by atoms with Gasteiger partial charge in [-0.3, -0.25) is 4.79 Å². The van der Waals surface area contributed by atoms with E-state index in [1.54, 1.807) is 6.92 Å². The first-order chi connectivity index (χ1) is 6.03. The fourth-order valence-electron chi connectivity index (χ4n) is 1.36. The predicted molar refractivity (Wildman–Crippen MR) is 42.6 cm³/mol. The number of alkyl halides is 2. The third kappa shape index (κ3) is 3.26. The third-order valence-corrected chi connectivity index (χ3v) is 1.91. The number of hydrogen-bond acceptors (Lipinski definition) is 3. The summed E-state index contributed by atoms with van der Waals surface area (Å²) >= 11 is 0. The Balaban J connectivity index is 2.28. The number of ether oxygens (including phenoxy) is 1. The first-order valence-electron chi connectivity index (χ1n) is 4.30. The van der Waals surface area contributed by atoms with Crippen LogP contribution in [0.25, 0.3) is 0 Å². The number of hydrogen-bond donors (Lipinski definition) is 1. The van der Waals surface area contributed by atoms with E-state index < -0.39 is 17.9 Å². The number of rotatable bonds is 3. The largest absolute Gasteiger partial charge is 0.466 e. The lowest BCUT2D eigenvalue weighted by Gasteiger charge is -2.08. The lowest BCUT2D eigenvalue weighted by atomic mass is 10.1. The van der Waals surface area contributed by atoms with E-state index in [4.69, 9.17) is 0 Å². The first-order valence-corrected chi connectivity index (χ1v) is 4.30. The van der Waals surface area contributed by atoms with Gasteiger partial charge < -0.3 is 10.1 Å². The van der Waals surface area contributed by atoms with Gasteiger partial charge in [0.1, 0.15) is 0 Å². The summed E-state index contributed by atoms with van der Waals surface area (Å²) < 4.78 is 29.9. The van der Waals surface area contributed by atoms with Crippen molar-refractivity contribution < 1.29 is 18.3 Å². The normalized spacial score (nSPS) is 25.9. The van der Waals surface area contributed by atoms with Crippen LogP contribution in [0.15, 0.2) is 0 Å². The zero-order valence-corrected chi connectivity index (χ0v) is 7.48. The van der Waals surface area contributed by atoms with E-state index in [2.05, 4.69) is 10.1 Å². The van der Waals surface area contributed by atoms with Crippen LogP contribution in [0.4, 0.5) is 8.78 Å². The molecule has 1 saturated heterocycles. The Bertz CT molecular complexity index is 197. The molecule has 0 saturated carbocycles. The lowest BCUT2D eigenvalue weighted by molar-refractivity contribution is -0.143. The van der Waals surface area contributed by atoms with Crippen LogP contribution in [0.2, 0.25) is 0 Å². The molecular formula is C8H13F2NO2. The van der Waals surface area contributed by atoms with E-state index in [0.29, 0.717) is 6.61 Å². The molecule has 1 fully saturated rings. The maximum atomic E-state index is 12.6. The minimum absolute atomic E-state index is 0.0312. The molecule has 1 aliphatic rings. The van der Waals surface area contributed by atoms with Crippen LogP contribution in [0.5, 0.6) is 0 Å². The Morgan fingerprint density at radius 1 is 1.69 bits per heavy atom. The van der Waals surface area contributed by atoms with Crippen LogP contribution >= 0.6 is 0 Å². The minimum Gasteiger partial charge on any atom is -0.466 e. The first kappa shape index (κ1) is 10.4. The standard InChI is InChI=1S/C8H13F2NO2/c1-2-13-7(12)3-6-4-8(9,10)5-11-6/h6,11H,2-5H2,1H3. The second kappa shape index (κ2) is 4.00. The van der Waals surface area contributed by atoms with Crippen molar-refractivity contribution in [1.82, 2.24) is 5.32 Å². The molecule has 1 N–H and O–H groups in total. The van der Waals surface area contributed by atoms with E-state index in [1.807, 2.05) is 0 Å². The van der Waals surface area contributed by atoms with E-state index in [9.17, 15) is 13.6 Å². The van der Waals surface area contributed by atoms with Crippen molar-refractivity contribution in [3.63, 3.8) is 0 Å². The fourth-order valence-corrected chi connectivity index (χ4v) is 1.36. The second-order valence-corrected chi connectivity index (χ2v) is 3.15. The second-order valence-electron chi connectivity index (χ2n) is 3.15. The summed E-state index contributed by atoms with van der Waals surface area (Å²) in [4.78, 5) is 10.9. The van der Waals surface area contributed by atoms with Gasteiger partial charge >= 0.3 is 5.97 Å². The molecule has 0 aromatic carbocycles. The summed E-state index contributed by atoms with van der Waals surface area (Å²) in [6, 6.07) is -0.436. The summed E-state index contributed by atoms with van der Waals surface area (Å²) in [6.07, 6.45) is -0.241. The molecule has 1 unspecified atom stereocenters. The molecule has 0 bridgehead atoms. The molecule has 0 radical (unpaired) electrons. The Morgan fingerprint density at radius 3 is 2.85 bits per heavy atom. The van der Waals surface area contributed by atoms with Gasteiger partial charge in [0.05, 0.1) is 19.6 Å². The van der Waals surface area contributed by atoms with Gasteiger partial charge in [-0.15, -0.1) is 0 Å². The molecule has 1 heterocycles. The average molecular weight is 193 g/mol. The molecule has 1 rings (SSSR count). The summed E-state index contributed by atoms with van der Waals surface area (Å²) in [7, 11) is 0. The smallest absolute Gasteiger partial charge is 0.307 e. The highest BCUT2D eigenvalue weighted by Crippen LogP contribution is 2.26. The maximum absolute atomic E-state index is 12.6. The Hall–Kier alpha value is -0.710. The quantitative estimate of drug-likeness (QED) is 0.678. The van der Waals surface area contributed by atoms with Crippen molar-refractivity contribution >= 4 is 5.97 Å². The number of carbonyl (C=O) groups is 1. The van der Waals surface area contributed by atoms with Crippen LogP contribution < -0.4 is 5.32 Å². The van der Waals surface area contributed by atoms with Crippen molar-refractivity contribution in [2.75, 3.05) is 13.2 Å². The van der Waals surface area contributed by atoms with Crippen LogP contribution in [0.3, 0.4) is 0 Å². The molecule has 13 heavy (non-hydrogen) atoms. The highest BCUT2D eigenvalue weighted by Gasteiger charge is 2.39. The highest BCUT2D eigenvalue weighted by atomic mass is 19.3. The van der Waals surface area contributed by atoms with E-state index in [1.165, 1.54) is 0 Å². The molecule has 0 aliphatic carbocycles. The zero-order chi connectivity index (χ0) is 9.90. The van der Waals surface area contributed by atoms with Crippen LogP contribution in [-0.2, 0) is 9.53 Å². The van der Waals surface area contributed by atoms with Crippen LogP contribution in [0, 0.1) is 0 Å². The lowest BCUT2D eigenvalue weighted by Crippen LogP contribution is -2.25. The molecule has 3 nitrogen and oxygen atoms in total. The van der Waals surface area contributed by atoms with Crippen molar-refractivity contribution in [2.24, 2.45) is 0 Å². The predicted octanol–water partition coefficient (Wildman–Crippen LogP) is 0.937. The maximum Gasteiger partial charge on any atom is 0.307 e. The topological polar surface area (TPSA) is 38.3 Å². The van der Waals surface area contributed by atoms with Crippen LogP contribution in [0.1, 0.15) is 19.8 Å². The van der Waals surface area contributed by atoms with Gasteiger partial charge in [-0.25, -0.2) is 8.78 Å². The van der Waals surface area contributed by atoms with Gasteiger partial charge in [-0.1, -0.05) is 0 Å². The van der Waals surface area contributed by atoms with E-state index in [0.717, 1.165) is 0 Å². The number of nitrogens with one attached hydrogen (secondary N) is 1. The Labute approximate surface area is 75.4 Å². The molecule has 0 aromatic heterocycles. The Kier molecular flexibility index (Phi) is 3.19. The minimum atomic E-state index is -2.67. The average Bonchev–Trinajstić information content (AvgIpc) is 2.30. The molecule has 0 spiro atoms. The van der Waals surface area contributed by atoms with Crippen molar-refractivity contribution in [3.8, 4) is 0 Å². The van der Waals surface area contributed by atoms with Gasteiger partial charge in [0, 0.05) is 12.5 Å². The Morgan fingerprint density at radius 2 is 2.38 bits per heavy atom. The SMILES string of the molecule is CCOC(=O)CC1CC(F)(F)CN1. The molecule has 1 aliphatic heterocycles.